The Hall–Kier alpha value is -0.570. The van der Waals surface area contributed by atoms with Crippen LogP contribution in [0.25, 0.3) is 0 Å². The fourth-order valence-corrected chi connectivity index (χ4v) is 2.84. The Morgan fingerprint density at radius 3 is 2.85 bits per heavy atom. The smallest absolute Gasteiger partial charge is 0.225 e. The van der Waals surface area contributed by atoms with Crippen LogP contribution in [0.4, 0.5) is 0 Å². The molecule has 0 N–H and O–H groups in total. The van der Waals surface area contributed by atoms with E-state index in [4.69, 9.17) is 4.74 Å². The van der Waals surface area contributed by atoms with Crippen molar-refractivity contribution in [3.63, 3.8) is 0 Å². The molecular formula is C10H15NO2. The highest BCUT2D eigenvalue weighted by Gasteiger charge is 2.71. The monoisotopic (exact) mass is 181 g/mol. The van der Waals surface area contributed by atoms with Crippen LogP contribution in [0.3, 0.4) is 0 Å². The Labute approximate surface area is 78.0 Å². The zero-order valence-corrected chi connectivity index (χ0v) is 8.12. The topological polar surface area (TPSA) is 29.5 Å². The Bertz CT molecular complexity index is 272. The number of ether oxygens (including phenoxy) is 1. The number of nitrogens with zero attached hydrogens (tertiary/aromatic N) is 1. The molecule has 1 spiro atoms. The summed E-state index contributed by atoms with van der Waals surface area (Å²) < 4.78 is 5.68. The summed E-state index contributed by atoms with van der Waals surface area (Å²) in [4.78, 5) is 13.9. The summed E-state index contributed by atoms with van der Waals surface area (Å²) in [5.41, 5.74) is 0.120. The SMILES string of the molecule is CC(C)C(=O)N1C2COC3(C2)CC13. The van der Waals surface area contributed by atoms with Crippen LogP contribution in [-0.2, 0) is 9.53 Å². The Balaban J connectivity index is 1.84. The molecule has 3 fully saturated rings. The number of likely N-dealkylation sites (tertiary alicyclic amines) is 1. The van der Waals surface area contributed by atoms with Crippen molar-refractivity contribution < 1.29 is 9.53 Å². The highest BCUT2D eigenvalue weighted by Crippen LogP contribution is 2.59. The molecule has 13 heavy (non-hydrogen) atoms. The summed E-state index contributed by atoms with van der Waals surface area (Å²) in [6.07, 6.45) is 2.18. The first kappa shape index (κ1) is 7.80. The van der Waals surface area contributed by atoms with E-state index in [-0.39, 0.29) is 11.5 Å². The van der Waals surface area contributed by atoms with E-state index in [9.17, 15) is 4.79 Å². The third kappa shape index (κ3) is 0.810. The standard InChI is InChI=1S/C10H15NO2/c1-6(2)9(12)11-7-3-10(13-5-7)4-8(10)11/h6-8H,3-5H2,1-2H3. The van der Waals surface area contributed by atoms with Gasteiger partial charge in [-0.05, 0) is 0 Å². The lowest BCUT2D eigenvalue weighted by molar-refractivity contribution is -0.139. The molecule has 0 aromatic rings. The van der Waals surface area contributed by atoms with Crippen molar-refractivity contribution in [3.05, 3.63) is 0 Å². The second-order valence-corrected chi connectivity index (χ2v) is 4.85. The molecule has 72 valence electrons. The van der Waals surface area contributed by atoms with Gasteiger partial charge in [0, 0.05) is 18.8 Å². The summed E-state index contributed by atoms with van der Waals surface area (Å²) in [5.74, 6) is 0.453. The quantitative estimate of drug-likeness (QED) is 0.598. The van der Waals surface area contributed by atoms with Gasteiger partial charge in [0.25, 0.3) is 0 Å². The van der Waals surface area contributed by atoms with Gasteiger partial charge >= 0.3 is 0 Å². The van der Waals surface area contributed by atoms with Gasteiger partial charge < -0.3 is 9.64 Å². The van der Waals surface area contributed by atoms with Gasteiger partial charge in [-0.25, -0.2) is 0 Å². The van der Waals surface area contributed by atoms with E-state index in [2.05, 4.69) is 4.90 Å². The van der Waals surface area contributed by atoms with E-state index in [1.165, 1.54) is 0 Å². The average Bonchev–Trinajstić information content (AvgIpc) is 2.50. The second-order valence-electron chi connectivity index (χ2n) is 4.85. The van der Waals surface area contributed by atoms with E-state index in [1.807, 2.05) is 13.8 Å². The summed E-state index contributed by atoms with van der Waals surface area (Å²) in [6, 6.07) is 0.829. The summed E-state index contributed by atoms with van der Waals surface area (Å²) >= 11 is 0. The molecule has 2 aliphatic heterocycles. The van der Waals surface area contributed by atoms with Crippen molar-refractivity contribution in [2.75, 3.05) is 6.61 Å². The first-order valence-electron chi connectivity index (χ1n) is 5.10. The third-order valence-electron chi connectivity index (χ3n) is 3.61. The molecule has 3 atom stereocenters. The number of morpholine rings is 1. The first-order chi connectivity index (χ1) is 6.14. The van der Waals surface area contributed by atoms with E-state index < -0.39 is 0 Å². The van der Waals surface area contributed by atoms with Gasteiger partial charge in [-0.15, -0.1) is 0 Å². The van der Waals surface area contributed by atoms with Crippen molar-refractivity contribution in [1.29, 1.82) is 0 Å². The molecule has 3 rings (SSSR count). The number of hydrogen-bond donors (Lipinski definition) is 0. The first-order valence-corrected chi connectivity index (χ1v) is 5.10. The minimum Gasteiger partial charge on any atom is -0.371 e. The fraction of sp³-hybridized carbons (Fsp3) is 0.900. The Kier molecular flexibility index (Phi) is 1.25. The minimum absolute atomic E-state index is 0.120. The van der Waals surface area contributed by atoms with Gasteiger partial charge in [0.2, 0.25) is 5.91 Å². The highest BCUT2D eigenvalue weighted by molar-refractivity contribution is 5.80. The number of piperidine rings is 1. The summed E-state index contributed by atoms with van der Waals surface area (Å²) in [7, 11) is 0. The predicted molar refractivity (Wildman–Crippen MR) is 47.2 cm³/mol. The normalized spacial score (nSPS) is 45.6. The molecule has 0 aromatic heterocycles. The molecule has 3 nitrogen and oxygen atoms in total. The van der Waals surface area contributed by atoms with Gasteiger partial charge in [0.15, 0.2) is 0 Å². The Morgan fingerprint density at radius 1 is 1.54 bits per heavy atom. The maximum absolute atomic E-state index is 11.8. The maximum atomic E-state index is 11.8. The Morgan fingerprint density at radius 2 is 2.31 bits per heavy atom. The lowest BCUT2D eigenvalue weighted by Crippen LogP contribution is -2.44. The molecule has 3 unspecified atom stereocenters. The van der Waals surface area contributed by atoms with Crippen LogP contribution in [0, 0.1) is 5.92 Å². The van der Waals surface area contributed by atoms with Crippen LogP contribution in [0.2, 0.25) is 0 Å². The maximum Gasteiger partial charge on any atom is 0.225 e. The number of amides is 1. The fourth-order valence-electron chi connectivity index (χ4n) is 2.84. The molecule has 2 heterocycles. The van der Waals surface area contributed by atoms with E-state index in [0.717, 1.165) is 19.4 Å². The van der Waals surface area contributed by atoms with Crippen molar-refractivity contribution >= 4 is 5.91 Å². The molecule has 1 amide bonds. The molecular weight excluding hydrogens is 166 g/mol. The molecule has 2 bridgehead atoms. The van der Waals surface area contributed by atoms with Gasteiger partial charge in [-0.3, -0.25) is 4.79 Å². The zero-order chi connectivity index (χ0) is 9.22. The van der Waals surface area contributed by atoms with E-state index in [1.54, 1.807) is 0 Å². The molecule has 0 radical (unpaired) electrons. The van der Waals surface area contributed by atoms with E-state index >= 15 is 0 Å². The van der Waals surface area contributed by atoms with Crippen molar-refractivity contribution in [1.82, 2.24) is 4.90 Å². The number of carbonyl (C=O) groups is 1. The van der Waals surface area contributed by atoms with E-state index in [0.29, 0.717) is 18.0 Å². The number of fused-ring (bicyclic) bond motifs is 1. The molecule has 1 aliphatic carbocycles. The van der Waals surface area contributed by atoms with Crippen LogP contribution in [0.5, 0.6) is 0 Å². The predicted octanol–water partition coefficient (Wildman–Crippen LogP) is 0.785. The van der Waals surface area contributed by atoms with Gasteiger partial charge in [-0.2, -0.15) is 0 Å². The van der Waals surface area contributed by atoms with Crippen LogP contribution >= 0.6 is 0 Å². The van der Waals surface area contributed by atoms with Gasteiger partial charge in [0.05, 0.1) is 24.3 Å². The number of hydrogen-bond acceptors (Lipinski definition) is 2. The molecule has 1 saturated carbocycles. The van der Waals surface area contributed by atoms with Gasteiger partial charge in [-0.1, -0.05) is 13.8 Å². The largest absolute Gasteiger partial charge is 0.371 e. The number of rotatable bonds is 1. The van der Waals surface area contributed by atoms with Crippen molar-refractivity contribution in [3.8, 4) is 0 Å². The lowest BCUT2D eigenvalue weighted by atomic mass is 10.1. The van der Waals surface area contributed by atoms with Crippen LogP contribution < -0.4 is 0 Å². The van der Waals surface area contributed by atoms with Crippen LogP contribution in [-0.4, -0.2) is 35.1 Å². The molecule has 3 heteroatoms. The summed E-state index contributed by atoms with van der Waals surface area (Å²) in [6.45, 7) is 4.73. The average molecular weight is 181 g/mol. The van der Waals surface area contributed by atoms with Gasteiger partial charge in [0.1, 0.15) is 0 Å². The minimum atomic E-state index is 0.120. The van der Waals surface area contributed by atoms with Crippen LogP contribution in [0.1, 0.15) is 26.7 Å². The molecule has 0 aromatic carbocycles. The highest BCUT2D eigenvalue weighted by atomic mass is 16.5. The third-order valence-corrected chi connectivity index (χ3v) is 3.61. The summed E-state index contributed by atoms with van der Waals surface area (Å²) in [5, 5.41) is 0. The zero-order valence-electron chi connectivity index (χ0n) is 8.12. The lowest BCUT2D eigenvalue weighted by Gasteiger charge is -2.28. The number of carbonyl (C=O) groups excluding carboxylic acids is 1. The molecule has 2 saturated heterocycles. The van der Waals surface area contributed by atoms with Crippen molar-refractivity contribution in [2.24, 2.45) is 5.92 Å². The molecule has 3 aliphatic rings. The second kappa shape index (κ2) is 2.08. The van der Waals surface area contributed by atoms with Crippen LogP contribution in [0.15, 0.2) is 0 Å². The van der Waals surface area contributed by atoms with Crippen molar-refractivity contribution in [2.45, 2.75) is 44.4 Å².